The second kappa shape index (κ2) is 26.3. The van der Waals surface area contributed by atoms with E-state index in [9.17, 15) is 2.74 Å². The molecule has 516 valence electrons. The third-order valence-electron chi connectivity index (χ3n) is 21.8. The van der Waals surface area contributed by atoms with Crippen LogP contribution in [0.2, 0.25) is 0 Å². The van der Waals surface area contributed by atoms with Crippen LogP contribution >= 0.6 is 0 Å². The average Bonchev–Trinajstić information content (AvgIpc) is 0.757. The Morgan fingerprint density at radius 1 is 0.290 bits per heavy atom. The van der Waals surface area contributed by atoms with E-state index in [-0.39, 0.29) is 33.9 Å². The lowest BCUT2D eigenvalue weighted by Crippen LogP contribution is -2.61. The van der Waals surface area contributed by atoms with Crippen LogP contribution in [0.5, 0.6) is 0 Å². The number of benzene rings is 15. The minimum Gasteiger partial charge on any atom is -0.311 e. The summed E-state index contributed by atoms with van der Waals surface area (Å²) in [4.78, 5) is 7.45. The fourth-order valence-corrected chi connectivity index (χ4v) is 16.3. The third-order valence-corrected chi connectivity index (χ3v) is 21.8. The van der Waals surface area contributed by atoms with Crippen LogP contribution in [0.1, 0.15) is 85.9 Å². The summed E-state index contributed by atoms with van der Waals surface area (Å²) >= 11 is 0. The van der Waals surface area contributed by atoms with Gasteiger partial charge in [-0.25, -0.2) is 0 Å². The molecule has 4 nitrogen and oxygen atoms in total. The van der Waals surface area contributed by atoms with Crippen molar-refractivity contribution in [2.24, 2.45) is 0 Å². The van der Waals surface area contributed by atoms with Gasteiger partial charge < -0.3 is 19.3 Å². The number of fused-ring (bicyclic) bond motifs is 7. The molecule has 0 N–H and O–H groups in total. The van der Waals surface area contributed by atoms with Crippen LogP contribution in [0.25, 0.3) is 94.3 Å². The first-order valence-corrected chi connectivity index (χ1v) is 37.3. The Balaban J connectivity index is 1.02. The van der Waals surface area contributed by atoms with Crippen LogP contribution in [0.3, 0.4) is 0 Å². The van der Waals surface area contributed by atoms with E-state index in [1.165, 1.54) is 27.5 Å². The van der Waals surface area contributed by atoms with E-state index in [0.717, 1.165) is 140 Å². The summed E-state index contributed by atoms with van der Waals surface area (Å²) in [7, 11) is 0. The Hall–Kier alpha value is -12.4. The van der Waals surface area contributed by atoms with E-state index in [1.807, 2.05) is 6.07 Å². The lowest BCUT2D eigenvalue weighted by atomic mass is 9.33. The Morgan fingerprint density at radius 3 is 1.20 bits per heavy atom. The van der Waals surface area contributed by atoms with Crippen molar-refractivity contribution in [3.63, 3.8) is 0 Å². The molecule has 15 aromatic carbocycles. The highest BCUT2D eigenvalue weighted by molar-refractivity contribution is 7.00. The van der Waals surface area contributed by atoms with Gasteiger partial charge in [0.05, 0.1) is 29.3 Å². The highest BCUT2D eigenvalue weighted by atomic mass is 15.2. The first kappa shape index (κ1) is 60.9. The summed E-state index contributed by atoms with van der Waals surface area (Å²) in [6.07, 6.45) is 0. The first-order chi connectivity index (χ1) is 54.0. The summed E-state index contributed by atoms with van der Waals surface area (Å²) in [5.74, 6) is 0. The molecule has 2 aliphatic heterocycles. The average molecular weight is 1380 g/mol. The Labute approximate surface area is 637 Å². The monoisotopic (exact) mass is 1380 g/mol. The number of hydrogen-bond donors (Lipinski definition) is 0. The zero-order valence-corrected chi connectivity index (χ0v) is 62.0. The molecule has 0 bridgehead atoms. The molecular weight excluding hydrogens is 1290 g/mol. The highest BCUT2D eigenvalue weighted by Gasteiger charge is 2.46. The van der Waals surface area contributed by atoms with Gasteiger partial charge in [-0.15, -0.1) is 0 Å². The number of rotatable bonds is 12. The largest absolute Gasteiger partial charge is 0.311 e. The molecule has 0 amide bonds. The van der Waals surface area contributed by atoms with Crippen molar-refractivity contribution in [2.45, 2.75) is 78.6 Å². The van der Waals surface area contributed by atoms with Crippen LogP contribution in [0.4, 0.5) is 51.2 Å². The molecule has 5 heteroatoms. The lowest BCUT2D eigenvalue weighted by Gasteiger charge is -2.46. The number of aromatic nitrogens is 1. The predicted molar refractivity (Wildman–Crippen MR) is 458 cm³/mol. The molecule has 18 rings (SSSR count). The summed E-state index contributed by atoms with van der Waals surface area (Å²) in [5, 5.41) is 2.38. The van der Waals surface area contributed by atoms with Gasteiger partial charge in [-0.3, -0.25) is 0 Å². The maximum atomic E-state index is 9.66. The van der Waals surface area contributed by atoms with Crippen molar-refractivity contribution in [3.05, 3.63) is 368 Å². The molecular formula is C102H85BN4. The second-order valence-corrected chi connectivity index (χ2v) is 31.8. The van der Waals surface area contributed by atoms with Gasteiger partial charge in [0.2, 0.25) is 0 Å². The van der Waals surface area contributed by atoms with Crippen LogP contribution in [-0.2, 0) is 16.2 Å². The van der Waals surface area contributed by atoms with Gasteiger partial charge in [0.15, 0.2) is 0 Å². The second-order valence-electron chi connectivity index (χ2n) is 31.8. The number of nitrogens with zero attached hydrogens (tertiary/aromatic N) is 4. The summed E-state index contributed by atoms with van der Waals surface area (Å²) in [5.41, 5.74) is 29.0. The highest BCUT2D eigenvalue weighted by Crippen LogP contribution is 2.55. The van der Waals surface area contributed by atoms with E-state index in [0.29, 0.717) is 5.56 Å². The van der Waals surface area contributed by atoms with Gasteiger partial charge in [0, 0.05) is 67.4 Å². The molecule has 2 aliphatic rings. The summed E-state index contributed by atoms with van der Waals surface area (Å²) in [6, 6.07) is 116. The molecule has 0 atom stereocenters. The van der Waals surface area contributed by atoms with Crippen molar-refractivity contribution in [1.82, 2.24) is 4.57 Å². The van der Waals surface area contributed by atoms with Gasteiger partial charge in [0.25, 0.3) is 6.71 Å². The van der Waals surface area contributed by atoms with Crippen molar-refractivity contribution >= 4 is 96.1 Å². The Bertz CT molecular complexity index is 6150. The Morgan fingerprint density at radius 2 is 0.701 bits per heavy atom. The van der Waals surface area contributed by atoms with E-state index in [2.05, 4.69) is 397 Å². The number of para-hydroxylation sites is 3. The van der Waals surface area contributed by atoms with E-state index < -0.39 is 24.8 Å². The molecule has 107 heavy (non-hydrogen) atoms. The van der Waals surface area contributed by atoms with Crippen LogP contribution in [0, 0.1) is 0 Å². The standard InChI is InChI=1S/C102H85BN4/c1-100(2,3)78-57-77(58-79(63-78)101(4,5)6)74-49-55-91-95(62-74)107(99-88(71-38-22-13-23-39-71)64-80(102(7,8)9)65-89(99)72-40-24-14-25-41-72)97-67-85(104(81-42-26-15-27-43-81)82-50-52-83(53-51-82)105-92-46-30-28-44-86(92)87-45-29-31-47-93(87)105)66-96-98(97)103(91)90-54-48-73(68-32-16-10-17-33-68)61-94(90)106(96)84-59-75(69-34-18-11-19-35-69)56-76(60-84)70-36-20-12-21-37-70/h10-67H,1-9H3/i10D,16D,17D,32D,33D. The fourth-order valence-electron chi connectivity index (χ4n) is 16.3. The molecule has 0 saturated heterocycles. The molecule has 0 radical (unpaired) electrons. The zero-order valence-electron chi connectivity index (χ0n) is 67.0. The normalized spacial score (nSPS) is 13.3. The van der Waals surface area contributed by atoms with E-state index in [4.69, 9.17) is 4.11 Å². The van der Waals surface area contributed by atoms with E-state index >= 15 is 0 Å². The van der Waals surface area contributed by atoms with Crippen LogP contribution in [0.15, 0.2) is 352 Å². The van der Waals surface area contributed by atoms with Crippen molar-refractivity contribution in [1.29, 1.82) is 0 Å². The maximum Gasteiger partial charge on any atom is 0.252 e. The number of hydrogen-bond acceptors (Lipinski definition) is 3. The molecule has 0 fully saturated rings. The minimum absolute atomic E-state index is 0.129. The van der Waals surface area contributed by atoms with Gasteiger partial charge in [-0.2, -0.15) is 0 Å². The quantitative estimate of drug-likeness (QED) is 0.113. The van der Waals surface area contributed by atoms with Gasteiger partial charge in [-0.1, -0.05) is 311 Å². The molecule has 16 aromatic rings. The summed E-state index contributed by atoms with van der Waals surface area (Å²) < 4.78 is 48.9. The smallest absolute Gasteiger partial charge is 0.252 e. The van der Waals surface area contributed by atoms with E-state index in [1.54, 1.807) is 0 Å². The molecule has 0 unspecified atom stereocenters. The van der Waals surface area contributed by atoms with Crippen LogP contribution < -0.4 is 31.1 Å². The third kappa shape index (κ3) is 12.0. The minimum atomic E-state index is -0.457. The van der Waals surface area contributed by atoms with Crippen molar-refractivity contribution in [2.75, 3.05) is 14.7 Å². The molecule has 0 spiro atoms. The Kier molecular flexibility index (Phi) is 15.0. The lowest BCUT2D eigenvalue weighted by molar-refractivity contribution is 0.569. The SMILES string of the molecule is [2H]c1c([2H])c([2H])c(-c2ccc3c(c2)N(c2cc(-c4ccccc4)cc(-c4ccccc4)c2)c2cc(N(c4ccccc4)c4ccc(-n5c6ccccc6c6ccccc65)cc4)cc4c2B3c2ccc(-c3cc(C(C)(C)C)cc(C(C)(C)C)c3)cc2N4c2c(-c3ccccc3)cc(C(C)(C)C)cc2-c2ccccc2)c([2H])c1[2H]. The maximum absolute atomic E-state index is 9.66. The van der Waals surface area contributed by atoms with Crippen LogP contribution in [-0.4, -0.2) is 11.3 Å². The fraction of sp³-hybridized carbons (Fsp3) is 0.118. The van der Waals surface area contributed by atoms with Crippen molar-refractivity contribution < 1.29 is 6.85 Å². The predicted octanol–water partition coefficient (Wildman–Crippen LogP) is 26.2. The molecule has 0 saturated carbocycles. The van der Waals surface area contributed by atoms with Crippen molar-refractivity contribution in [3.8, 4) is 72.4 Å². The zero-order chi connectivity index (χ0) is 77.2. The number of anilines is 9. The molecule has 0 aliphatic carbocycles. The first-order valence-electron chi connectivity index (χ1n) is 39.8. The molecule has 1 aromatic heterocycles. The van der Waals surface area contributed by atoms with Gasteiger partial charge >= 0.3 is 0 Å². The van der Waals surface area contributed by atoms with Gasteiger partial charge in [0.1, 0.15) is 0 Å². The topological polar surface area (TPSA) is 14.7 Å². The van der Waals surface area contributed by atoms with Gasteiger partial charge in [-0.05, 0) is 208 Å². The molecule has 3 heterocycles. The summed E-state index contributed by atoms with van der Waals surface area (Å²) in [6.45, 7) is 20.3.